The molecule has 0 spiro atoms. The monoisotopic (exact) mass is 1060 g/mol. The normalized spacial score (nSPS) is 35.8. The minimum absolute atomic E-state index is 0. The Morgan fingerprint density at radius 1 is 0.560 bits per heavy atom. The molecule has 10 heteroatoms. The number of ether oxygens (including phenoxy) is 5. The number of hydrogen-bond acceptors (Lipinski definition) is 10. The van der Waals surface area contributed by atoms with E-state index in [2.05, 4.69) is 34.3 Å². The van der Waals surface area contributed by atoms with Crippen LogP contribution in [0.25, 0.3) is 0 Å². The number of fused-ring (bicyclic) bond motifs is 1. The Morgan fingerprint density at radius 2 is 0.933 bits per heavy atom. The van der Waals surface area contributed by atoms with Gasteiger partial charge in [-0.3, -0.25) is 19.2 Å². The summed E-state index contributed by atoms with van der Waals surface area (Å²) in [6.45, 7) is 29.8. The van der Waals surface area contributed by atoms with Gasteiger partial charge in [-0.2, -0.15) is 0 Å². The number of carbonyl (C=O) groups is 5. The van der Waals surface area contributed by atoms with Gasteiger partial charge in [0.1, 0.15) is 29.0 Å². The van der Waals surface area contributed by atoms with E-state index in [-0.39, 0.29) is 120 Å². The molecular weight excluding hydrogens is 941 g/mol. The van der Waals surface area contributed by atoms with Crippen molar-refractivity contribution in [1.82, 2.24) is 0 Å². The molecule has 0 N–H and O–H groups in total. The van der Waals surface area contributed by atoms with Crippen molar-refractivity contribution in [3.63, 3.8) is 0 Å². The van der Waals surface area contributed by atoms with E-state index in [0.717, 1.165) is 75.0 Å². The molecule has 12 rings (SSSR count). The van der Waals surface area contributed by atoms with Crippen LogP contribution in [0.4, 0.5) is 0 Å². The Labute approximate surface area is 461 Å². The fourth-order valence-electron chi connectivity index (χ4n) is 14.9. The summed E-state index contributed by atoms with van der Waals surface area (Å²) >= 11 is 0. The van der Waals surface area contributed by atoms with Gasteiger partial charge in [-0.05, 0) is 238 Å². The zero-order chi connectivity index (χ0) is 50.6. The van der Waals surface area contributed by atoms with Gasteiger partial charge in [-0.15, -0.1) is 0 Å². The molecule has 0 radical (unpaired) electrons. The molecule has 0 aromatic rings. The molecule has 1 heterocycles. The lowest BCUT2D eigenvalue weighted by Crippen LogP contribution is -2.58. The Bertz CT molecular complexity index is 1860. The zero-order valence-electron chi connectivity index (χ0n) is 45.4. The Morgan fingerprint density at radius 3 is 1.31 bits per heavy atom. The van der Waals surface area contributed by atoms with Crippen LogP contribution in [0.15, 0.2) is 12.2 Å². The van der Waals surface area contributed by atoms with E-state index < -0.39 is 5.41 Å². The molecular formula is C65H118O10. The third-order valence-electron chi connectivity index (χ3n) is 20.9. The van der Waals surface area contributed by atoms with Gasteiger partial charge in [-0.1, -0.05) is 78.8 Å². The molecule has 438 valence electrons. The second-order valence-electron chi connectivity index (χ2n) is 26.7. The third kappa shape index (κ3) is 14.1. The Hall–Kier alpha value is -2.91. The first-order valence-electron chi connectivity index (χ1n) is 28.0. The summed E-state index contributed by atoms with van der Waals surface area (Å²) in [6, 6.07) is 0. The van der Waals surface area contributed by atoms with Crippen molar-refractivity contribution >= 4 is 29.8 Å². The van der Waals surface area contributed by atoms with E-state index in [9.17, 15) is 24.0 Å². The lowest BCUT2D eigenvalue weighted by atomic mass is 9.50. The fraction of sp³-hybridized carbons (Fsp3) is 0.892. The maximum atomic E-state index is 12.5. The lowest BCUT2D eigenvalue weighted by molar-refractivity contribution is -0.211. The van der Waals surface area contributed by atoms with Crippen LogP contribution in [0.1, 0.15) is 263 Å². The van der Waals surface area contributed by atoms with Crippen LogP contribution >= 0.6 is 0 Å². The number of carbonyl (C=O) groups excluding carboxylic acids is 5. The van der Waals surface area contributed by atoms with Crippen LogP contribution in [0.2, 0.25) is 0 Å². The van der Waals surface area contributed by atoms with Crippen molar-refractivity contribution < 1.29 is 47.7 Å². The molecule has 10 nitrogen and oxygen atoms in total. The zero-order valence-corrected chi connectivity index (χ0v) is 45.4. The molecule has 0 aromatic carbocycles. The van der Waals surface area contributed by atoms with Gasteiger partial charge in [0, 0.05) is 17.4 Å². The Balaban J connectivity index is 0.000000489. The summed E-state index contributed by atoms with van der Waals surface area (Å²) in [5, 5.41) is 0. The maximum Gasteiger partial charge on any atom is 0.333 e. The first-order chi connectivity index (χ1) is 32.2. The highest BCUT2D eigenvalue weighted by Gasteiger charge is 2.64. The molecule has 5 atom stereocenters. The van der Waals surface area contributed by atoms with Crippen molar-refractivity contribution in [3.8, 4) is 0 Å². The van der Waals surface area contributed by atoms with E-state index in [0.29, 0.717) is 41.1 Å². The second kappa shape index (κ2) is 26.4. The van der Waals surface area contributed by atoms with Gasteiger partial charge in [0.05, 0.1) is 22.2 Å². The molecule has 0 aromatic heterocycles. The van der Waals surface area contributed by atoms with Crippen LogP contribution in [0.5, 0.6) is 0 Å². The van der Waals surface area contributed by atoms with Crippen molar-refractivity contribution in [2.24, 2.45) is 81.3 Å². The molecule has 1 saturated heterocycles. The summed E-state index contributed by atoms with van der Waals surface area (Å²) in [6.07, 6.45) is 22.5. The van der Waals surface area contributed by atoms with Crippen LogP contribution in [-0.4, -0.2) is 58.9 Å². The van der Waals surface area contributed by atoms with Gasteiger partial charge in [0.2, 0.25) is 0 Å². The second-order valence-corrected chi connectivity index (χ2v) is 26.7. The van der Waals surface area contributed by atoms with E-state index in [1.54, 1.807) is 6.92 Å². The molecule has 12 fully saturated rings. The first kappa shape index (κ1) is 70.1. The summed E-state index contributed by atoms with van der Waals surface area (Å²) in [5.41, 5.74) is -1.10. The van der Waals surface area contributed by atoms with Gasteiger partial charge in [0.15, 0.2) is 0 Å². The van der Waals surface area contributed by atoms with E-state index in [4.69, 9.17) is 23.7 Å². The molecule has 10 bridgehead atoms. The SMILES string of the molecule is C.C.C.C.C.C.C=C(C)C(=O)OC1(C)C2CC3CC(C2)CC1C3.CCC(C)(C)C(=O)OC1(C)C2CC3CC(C2)CC1C3.CCC(C)(C)C(=O)OC1C2CC3C(=O)OC1C3C2.CCC1(OC(=O)C(C)(C)CC)CCCC1. The first-order valence-corrected chi connectivity index (χ1v) is 28.0. The summed E-state index contributed by atoms with van der Waals surface area (Å²) in [4.78, 5) is 60.0. The van der Waals surface area contributed by atoms with Crippen LogP contribution in [-0.2, 0) is 47.7 Å². The highest BCUT2D eigenvalue weighted by atomic mass is 16.6. The molecule has 12 aliphatic rings. The summed E-state index contributed by atoms with van der Waals surface area (Å²) < 4.78 is 28.8. The molecule has 5 unspecified atom stereocenters. The van der Waals surface area contributed by atoms with Gasteiger partial charge in [0.25, 0.3) is 0 Å². The van der Waals surface area contributed by atoms with Gasteiger partial charge in [-0.25, -0.2) is 4.79 Å². The maximum absolute atomic E-state index is 12.5. The molecule has 11 aliphatic carbocycles. The van der Waals surface area contributed by atoms with Crippen LogP contribution in [0, 0.1) is 81.3 Å². The smallest absolute Gasteiger partial charge is 0.333 e. The van der Waals surface area contributed by atoms with E-state index >= 15 is 0 Å². The van der Waals surface area contributed by atoms with Crippen molar-refractivity contribution in [1.29, 1.82) is 0 Å². The minimum Gasteiger partial charge on any atom is -0.459 e. The Kier molecular flexibility index (Phi) is 24.6. The fourth-order valence-corrected chi connectivity index (χ4v) is 14.9. The third-order valence-corrected chi connectivity index (χ3v) is 20.9. The van der Waals surface area contributed by atoms with E-state index in [1.807, 2.05) is 55.4 Å². The van der Waals surface area contributed by atoms with Crippen LogP contribution < -0.4 is 0 Å². The van der Waals surface area contributed by atoms with Crippen molar-refractivity contribution in [3.05, 3.63) is 12.2 Å². The topological polar surface area (TPSA) is 132 Å². The molecule has 0 amide bonds. The molecule has 11 saturated carbocycles. The van der Waals surface area contributed by atoms with Crippen molar-refractivity contribution in [2.45, 2.75) is 292 Å². The summed E-state index contributed by atoms with van der Waals surface area (Å²) in [7, 11) is 0. The number of esters is 5. The van der Waals surface area contributed by atoms with Gasteiger partial charge < -0.3 is 23.7 Å². The standard InChI is InChI=1S/C17H28O2.C15H22O2.C14H20O4.C13H24O2.6CH4/c1-5-16(2,3)15(18)19-17(4)13-7-11-6-12(9-13)10-14(17)8-11;1-9(2)14(16)17-15(3)12-5-10-4-11(7-12)8-13(15)6-10;1-4-14(2,3)13(16)18-10-7-5-8-9(6-7)12(15)17-11(8)10;1-5-12(3,4)11(14)15-13(6-2)9-7-8-10-13;;;;;;/h11-14H,5-10H2,1-4H3;10-13H,1,4-8H2,2-3H3;7-11H,4-6H2,1-3H3;5-10H2,1-4H3;6*1H4. The average Bonchev–Trinajstić information content (AvgIpc) is 4.08. The lowest BCUT2D eigenvalue weighted by Gasteiger charge is -2.59. The highest BCUT2D eigenvalue weighted by Crippen LogP contribution is 2.61. The predicted octanol–water partition coefficient (Wildman–Crippen LogP) is 16.9. The van der Waals surface area contributed by atoms with Crippen LogP contribution in [0.3, 0.4) is 0 Å². The average molecular weight is 1060 g/mol. The minimum atomic E-state index is -0.455. The quantitative estimate of drug-likeness (QED) is 0.106. The van der Waals surface area contributed by atoms with Crippen molar-refractivity contribution in [2.75, 3.05) is 0 Å². The van der Waals surface area contributed by atoms with Gasteiger partial charge >= 0.3 is 29.8 Å². The number of hydrogen-bond donors (Lipinski definition) is 0. The summed E-state index contributed by atoms with van der Waals surface area (Å²) in [5.74, 6) is 6.38. The molecule has 75 heavy (non-hydrogen) atoms. The highest BCUT2D eigenvalue weighted by molar-refractivity contribution is 5.87. The molecule has 1 aliphatic heterocycles. The largest absolute Gasteiger partial charge is 0.459 e. The van der Waals surface area contributed by atoms with E-state index in [1.165, 1.54) is 77.0 Å². The number of rotatable bonds is 12. The predicted molar refractivity (Wildman–Crippen MR) is 308 cm³/mol.